The summed E-state index contributed by atoms with van der Waals surface area (Å²) < 4.78 is 0. The Balaban J connectivity index is 1.69. The molecule has 0 spiro atoms. The molecular formula is C16H15N3S2. The van der Waals surface area contributed by atoms with Crippen LogP contribution < -0.4 is 0 Å². The number of hydrogen-bond donors (Lipinski definition) is 0. The summed E-state index contributed by atoms with van der Waals surface area (Å²) in [5, 5.41) is 3.98. The smallest absolute Gasteiger partial charge is 0.188 e. The van der Waals surface area contributed by atoms with Crippen LogP contribution >= 0.6 is 23.1 Å². The Morgan fingerprint density at radius 3 is 2.62 bits per heavy atom. The molecule has 0 fully saturated rings. The SMILES string of the molecule is Cc1ccc(-c2nc(CSc3nccc(C)n3)cs2)cc1. The van der Waals surface area contributed by atoms with Crippen LogP contribution in [0.2, 0.25) is 0 Å². The van der Waals surface area contributed by atoms with Crippen molar-refractivity contribution in [1.82, 2.24) is 15.0 Å². The van der Waals surface area contributed by atoms with Gasteiger partial charge in [0.1, 0.15) is 5.01 Å². The number of rotatable bonds is 4. The van der Waals surface area contributed by atoms with Crippen LogP contribution in [-0.4, -0.2) is 15.0 Å². The molecule has 0 atom stereocenters. The maximum atomic E-state index is 4.69. The highest BCUT2D eigenvalue weighted by Gasteiger charge is 2.06. The fraction of sp³-hybridized carbons (Fsp3) is 0.188. The molecule has 5 heteroatoms. The van der Waals surface area contributed by atoms with E-state index in [1.807, 2.05) is 13.0 Å². The third-order valence-electron chi connectivity index (χ3n) is 2.97. The fourth-order valence-electron chi connectivity index (χ4n) is 1.84. The molecule has 0 N–H and O–H groups in total. The van der Waals surface area contributed by atoms with Crippen molar-refractivity contribution in [3.05, 3.63) is 58.9 Å². The predicted molar refractivity (Wildman–Crippen MR) is 88.6 cm³/mol. The molecule has 0 bridgehead atoms. The zero-order chi connectivity index (χ0) is 14.7. The van der Waals surface area contributed by atoms with Gasteiger partial charge in [0, 0.05) is 28.6 Å². The molecule has 0 amide bonds. The monoisotopic (exact) mass is 313 g/mol. The van der Waals surface area contributed by atoms with Crippen molar-refractivity contribution in [1.29, 1.82) is 0 Å². The lowest BCUT2D eigenvalue weighted by molar-refractivity contribution is 0.931. The average molecular weight is 313 g/mol. The van der Waals surface area contributed by atoms with Gasteiger partial charge in [-0.15, -0.1) is 11.3 Å². The van der Waals surface area contributed by atoms with Gasteiger partial charge in [0.15, 0.2) is 5.16 Å². The molecule has 1 aromatic carbocycles. The van der Waals surface area contributed by atoms with Gasteiger partial charge in [-0.2, -0.15) is 0 Å². The Morgan fingerprint density at radius 1 is 1.05 bits per heavy atom. The molecule has 2 heterocycles. The molecule has 0 unspecified atom stereocenters. The van der Waals surface area contributed by atoms with E-state index < -0.39 is 0 Å². The molecule has 2 aromatic heterocycles. The first-order chi connectivity index (χ1) is 10.2. The Morgan fingerprint density at radius 2 is 1.86 bits per heavy atom. The summed E-state index contributed by atoms with van der Waals surface area (Å²) in [5.41, 5.74) is 4.51. The van der Waals surface area contributed by atoms with Crippen LogP contribution in [0.4, 0.5) is 0 Å². The van der Waals surface area contributed by atoms with Gasteiger partial charge in [-0.3, -0.25) is 0 Å². The number of thiazole rings is 1. The molecule has 0 aliphatic carbocycles. The standard InChI is InChI=1S/C16H15N3S2/c1-11-3-5-13(6-4-11)15-19-14(9-20-15)10-21-16-17-8-7-12(2)18-16/h3-9H,10H2,1-2H3. The topological polar surface area (TPSA) is 38.7 Å². The van der Waals surface area contributed by atoms with E-state index in [2.05, 4.69) is 51.5 Å². The molecule has 3 nitrogen and oxygen atoms in total. The van der Waals surface area contributed by atoms with Gasteiger partial charge >= 0.3 is 0 Å². The average Bonchev–Trinajstić information content (AvgIpc) is 2.95. The van der Waals surface area contributed by atoms with Crippen molar-refractivity contribution in [2.75, 3.05) is 0 Å². The summed E-state index contributed by atoms with van der Waals surface area (Å²) in [6.45, 7) is 4.07. The van der Waals surface area contributed by atoms with Gasteiger partial charge in [-0.1, -0.05) is 41.6 Å². The highest BCUT2D eigenvalue weighted by atomic mass is 32.2. The minimum absolute atomic E-state index is 0.797. The summed E-state index contributed by atoms with van der Waals surface area (Å²) in [6.07, 6.45) is 1.80. The van der Waals surface area contributed by atoms with E-state index in [0.717, 1.165) is 27.3 Å². The zero-order valence-corrected chi connectivity index (χ0v) is 13.5. The second-order valence-electron chi connectivity index (χ2n) is 4.78. The van der Waals surface area contributed by atoms with E-state index >= 15 is 0 Å². The largest absolute Gasteiger partial charge is 0.240 e. The van der Waals surface area contributed by atoms with Crippen LogP contribution in [-0.2, 0) is 5.75 Å². The summed E-state index contributed by atoms with van der Waals surface area (Å²) in [7, 11) is 0. The second-order valence-corrected chi connectivity index (χ2v) is 6.58. The van der Waals surface area contributed by atoms with E-state index in [0.29, 0.717) is 0 Å². The van der Waals surface area contributed by atoms with Crippen LogP contribution in [0.5, 0.6) is 0 Å². The normalized spacial score (nSPS) is 10.8. The number of hydrogen-bond acceptors (Lipinski definition) is 5. The van der Waals surface area contributed by atoms with Gasteiger partial charge in [0.2, 0.25) is 0 Å². The van der Waals surface area contributed by atoms with Crippen LogP contribution in [0, 0.1) is 13.8 Å². The number of aryl methyl sites for hydroxylation is 2. The Labute approximate surface area is 132 Å². The third-order valence-corrected chi connectivity index (χ3v) is 4.81. The van der Waals surface area contributed by atoms with Crippen molar-refractivity contribution in [2.45, 2.75) is 24.8 Å². The van der Waals surface area contributed by atoms with Gasteiger partial charge in [-0.25, -0.2) is 15.0 Å². The summed E-state index contributed by atoms with van der Waals surface area (Å²) >= 11 is 3.30. The number of benzene rings is 1. The van der Waals surface area contributed by atoms with E-state index in [-0.39, 0.29) is 0 Å². The molecule has 0 aliphatic rings. The van der Waals surface area contributed by atoms with Crippen molar-refractivity contribution in [3.63, 3.8) is 0 Å². The van der Waals surface area contributed by atoms with E-state index in [9.17, 15) is 0 Å². The van der Waals surface area contributed by atoms with E-state index in [4.69, 9.17) is 0 Å². The molecular weight excluding hydrogens is 298 g/mol. The minimum atomic E-state index is 0.797. The summed E-state index contributed by atoms with van der Waals surface area (Å²) in [6, 6.07) is 10.4. The first-order valence-corrected chi connectivity index (χ1v) is 8.51. The number of nitrogens with zero attached hydrogens (tertiary/aromatic N) is 3. The van der Waals surface area contributed by atoms with Gasteiger partial charge in [-0.05, 0) is 19.9 Å². The molecule has 0 saturated heterocycles. The fourth-order valence-corrected chi connectivity index (χ4v) is 3.54. The lowest BCUT2D eigenvalue weighted by Crippen LogP contribution is -1.89. The van der Waals surface area contributed by atoms with Crippen molar-refractivity contribution in [3.8, 4) is 10.6 Å². The minimum Gasteiger partial charge on any atom is -0.240 e. The molecule has 3 aromatic rings. The second kappa shape index (κ2) is 6.37. The van der Waals surface area contributed by atoms with Crippen molar-refractivity contribution >= 4 is 23.1 Å². The number of thioether (sulfide) groups is 1. The molecule has 3 rings (SSSR count). The number of aromatic nitrogens is 3. The highest BCUT2D eigenvalue weighted by molar-refractivity contribution is 7.98. The lowest BCUT2D eigenvalue weighted by atomic mass is 10.2. The van der Waals surface area contributed by atoms with Gasteiger partial charge in [0.05, 0.1) is 5.69 Å². The quantitative estimate of drug-likeness (QED) is 0.525. The highest BCUT2D eigenvalue weighted by Crippen LogP contribution is 2.27. The van der Waals surface area contributed by atoms with Crippen molar-refractivity contribution < 1.29 is 0 Å². The Kier molecular flexibility index (Phi) is 4.31. The lowest BCUT2D eigenvalue weighted by Gasteiger charge is -1.99. The molecule has 0 saturated carbocycles. The summed E-state index contributed by atoms with van der Waals surface area (Å²) in [5.74, 6) is 0.797. The first kappa shape index (κ1) is 14.2. The Bertz CT molecular complexity index is 735. The van der Waals surface area contributed by atoms with Crippen LogP contribution in [0.1, 0.15) is 17.0 Å². The zero-order valence-electron chi connectivity index (χ0n) is 11.9. The third kappa shape index (κ3) is 3.68. The molecule has 0 aliphatic heterocycles. The van der Waals surface area contributed by atoms with E-state index in [1.54, 1.807) is 29.3 Å². The van der Waals surface area contributed by atoms with Gasteiger partial charge in [0.25, 0.3) is 0 Å². The van der Waals surface area contributed by atoms with Crippen LogP contribution in [0.15, 0.2) is 47.1 Å². The maximum absolute atomic E-state index is 4.69. The van der Waals surface area contributed by atoms with E-state index in [1.165, 1.54) is 11.1 Å². The molecule has 106 valence electrons. The predicted octanol–water partition coefficient (Wildman–Crippen LogP) is 4.51. The van der Waals surface area contributed by atoms with Crippen molar-refractivity contribution in [2.24, 2.45) is 0 Å². The maximum Gasteiger partial charge on any atom is 0.188 e. The summed E-state index contributed by atoms with van der Waals surface area (Å²) in [4.78, 5) is 13.3. The van der Waals surface area contributed by atoms with Crippen LogP contribution in [0.3, 0.4) is 0 Å². The van der Waals surface area contributed by atoms with Gasteiger partial charge < -0.3 is 0 Å². The molecule has 21 heavy (non-hydrogen) atoms. The Hall–Kier alpha value is -1.72. The molecule has 0 radical (unpaired) electrons. The van der Waals surface area contributed by atoms with Crippen LogP contribution in [0.25, 0.3) is 10.6 Å². The first-order valence-electron chi connectivity index (χ1n) is 6.64.